The van der Waals surface area contributed by atoms with E-state index in [1.807, 2.05) is 47.8 Å². The van der Waals surface area contributed by atoms with Gasteiger partial charge < -0.3 is 9.84 Å². The lowest BCUT2D eigenvalue weighted by Crippen LogP contribution is -2.46. The second kappa shape index (κ2) is 8.05. The van der Waals surface area contributed by atoms with Crippen LogP contribution in [0.25, 0.3) is 16.3 Å². The normalized spacial score (nSPS) is 16.4. The van der Waals surface area contributed by atoms with Crippen molar-refractivity contribution in [1.29, 1.82) is 0 Å². The first-order chi connectivity index (χ1) is 15.5. The first kappa shape index (κ1) is 20.1. The summed E-state index contributed by atoms with van der Waals surface area (Å²) in [5, 5.41) is 9.10. The maximum Gasteiger partial charge on any atom is 0.327 e. The second-order valence-corrected chi connectivity index (χ2v) is 8.41. The number of carbonyl (C=O) groups is 1. The predicted molar refractivity (Wildman–Crippen MR) is 122 cm³/mol. The summed E-state index contributed by atoms with van der Waals surface area (Å²) >= 11 is 1.51. The first-order valence-electron chi connectivity index (χ1n) is 10.0. The van der Waals surface area contributed by atoms with Crippen LogP contribution >= 0.6 is 11.3 Å². The SMILES string of the molecule is CC1=C(c2nc(-c3cccs3)no2)C(c2ccccc2)NC(=O)N1c1ccc(C)c(F)c1. The molecule has 1 unspecified atom stereocenters. The van der Waals surface area contributed by atoms with Crippen LogP contribution in [0, 0.1) is 12.7 Å². The summed E-state index contributed by atoms with van der Waals surface area (Å²) in [7, 11) is 0. The quantitative estimate of drug-likeness (QED) is 0.421. The molecule has 0 saturated heterocycles. The number of hydrogen-bond donors (Lipinski definition) is 1. The number of aromatic nitrogens is 2. The minimum Gasteiger partial charge on any atom is -0.334 e. The average Bonchev–Trinajstić information content (AvgIpc) is 3.48. The number of anilines is 1. The number of thiophene rings is 1. The Bertz CT molecular complexity index is 1320. The summed E-state index contributed by atoms with van der Waals surface area (Å²) < 4.78 is 19.9. The van der Waals surface area contributed by atoms with Gasteiger partial charge in [0, 0.05) is 5.70 Å². The first-order valence-corrected chi connectivity index (χ1v) is 10.9. The molecule has 5 rings (SSSR count). The molecule has 2 aromatic heterocycles. The summed E-state index contributed by atoms with van der Waals surface area (Å²) in [5.74, 6) is 0.400. The highest BCUT2D eigenvalue weighted by Gasteiger charge is 2.36. The van der Waals surface area contributed by atoms with Crippen molar-refractivity contribution in [2.75, 3.05) is 4.90 Å². The number of nitrogens with zero attached hydrogens (tertiary/aromatic N) is 3. The standard InChI is InChI=1S/C24H19FN4O2S/c1-14-10-11-17(13-18(14)25)29-15(2)20(21(26-24(29)30)16-7-4-3-5-8-16)23-27-22(28-31-23)19-9-6-12-32-19/h3-13,21H,1-2H3,(H,26,30). The van der Waals surface area contributed by atoms with E-state index in [2.05, 4.69) is 15.5 Å². The van der Waals surface area contributed by atoms with E-state index in [0.717, 1.165) is 10.4 Å². The van der Waals surface area contributed by atoms with Gasteiger partial charge in [-0.2, -0.15) is 4.98 Å². The van der Waals surface area contributed by atoms with Gasteiger partial charge in [0.1, 0.15) is 5.82 Å². The van der Waals surface area contributed by atoms with E-state index < -0.39 is 6.04 Å². The number of carbonyl (C=O) groups excluding carboxylic acids is 1. The fraction of sp³-hybridized carbons (Fsp3) is 0.125. The van der Waals surface area contributed by atoms with Crippen molar-refractivity contribution < 1.29 is 13.7 Å². The van der Waals surface area contributed by atoms with Crippen LogP contribution in [0.4, 0.5) is 14.9 Å². The average molecular weight is 447 g/mol. The summed E-state index contributed by atoms with van der Waals surface area (Å²) in [6, 6.07) is 17.3. The number of benzene rings is 2. The minimum atomic E-state index is -0.494. The fourth-order valence-corrected chi connectivity index (χ4v) is 4.44. The zero-order valence-electron chi connectivity index (χ0n) is 17.4. The van der Waals surface area contributed by atoms with Gasteiger partial charge in [-0.25, -0.2) is 9.18 Å². The molecule has 0 fully saturated rings. The highest BCUT2D eigenvalue weighted by molar-refractivity contribution is 7.13. The lowest BCUT2D eigenvalue weighted by atomic mass is 9.94. The summed E-state index contributed by atoms with van der Waals surface area (Å²) in [6.45, 7) is 3.48. The van der Waals surface area contributed by atoms with E-state index in [0.29, 0.717) is 34.2 Å². The molecule has 8 heteroatoms. The van der Waals surface area contributed by atoms with Gasteiger partial charge in [0.15, 0.2) is 0 Å². The maximum atomic E-state index is 14.3. The summed E-state index contributed by atoms with van der Waals surface area (Å²) in [6.07, 6.45) is 0. The fourth-order valence-electron chi connectivity index (χ4n) is 3.79. The Labute approximate surface area is 188 Å². The molecule has 0 saturated carbocycles. The van der Waals surface area contributed by atoms with Crippen molar-refractivity contribution in [3.63, 3.8) is 0 Å². The van der Waals surface area contributed by atoms with Crippen molar-refractivity contribution in [1.82, 2.24) is 15.5 Å². The number of amides is 2. The van der Waals surface area contributed by atoms with E-state index in [1.165, 1.54) is 22.3 Å². The Morgan fingerprint density at radius 1 is 1.09 bits per heavy atom. The van der Waals surface area contributed by atoms with Crippen molar-refractivity contribution in [3.8, 4) is 10.7 Å². The molecule has 160 valence electrons. The van der Waals surface area contributed by atoms with Gasteiger partial charge in [0.05, 0.1) is 22.2 Å². The van der Waals surface area contributed by atoms with Crippen LogP contribution in [-0.2, 0) is 0 Å². The molecular formula is C24H19FN4O2S. The Kier molecular flexibility index (Phi) is 5.07. The molecule has 1 N–H and O–H groups in total. The number of rotatable bonds is 4. The molecule has 1 aliphatic heterocycles. The Morgan fingerprint density at radius 2 is 1.91 bits per heavy atom. The van der Waals surface area contributed by atoms with E-state index >= 15 is 0 Å². The van der Waals surface area contributed by atoms with Gasteiger partial charge in [-0.05, 0) is 48.6 Å². The molecule has 1 aliphatic rings. The van der Waals surface area contributed by atoms with Gasteiger partial charge >= 0.3 is 6.03 Å². The third-order valence-corrected chi connectivity index (χ3v) is 6.30. The summed E-state index contributed by atoms with van der Waals surface area (Å²) in [4.78, 5) is 20.1. The smallest absolute Gasteiger partial charge is 0.327 e. The third kappa shape index (κ3) is 3.48. The lowest BCUT2D eigenvalue weighted by Gasteiger charge is -2.35. The molecule has 4 aromatic rings. The number of hydrogen-bond acceptors (Lipinski definition) is 5. The van der Waals surface area contributed by atoms with Crippen LogP contribution in [0.15, 0.2) is 76.3 Å². The lowest BCUT2D eigenvalue weighted by molar-refractivity contribution is 0.244. The number of nitrogens with one attached hydrogen (secondary N) is 1. The van der Waals surface area contributed by atoms with E-state index in [-0.39, 0.29) is 11.8 Å². The van der Waals surface area contributed by atoms with Crippen LogP contribution in [-0.4, -0.2) is 16.2 Å². The maximum absolute atomic E-state index is 14.3. The van der Waals surface area contributed by atoms with E-state index in [1.54, 1.807) is 26.0 Å². The van der Waals surface area contributed by atoms with Crippen molar-refractivity contribution >= 4 is 28.6 Å². The van der Waals surface area contributed by atoms with Crippen LogP contribution in [0.1, 0.15) is 30.0 Å². The van der Waals surface area contributed by atoms with Gasteiger partial charge in [0.2, 0.25) is 5.82 Å². The molecule has 1 atom stereocenters. The topological polar surface area (TPSA) is 71.3 Å². The Morgan fingerprint density at radius 3 is 2.62 bits per heavy atom. The second-order valence-electron chi connectivity index (χ2n) is 7.46. The Hall–Kier alpha value is -3.78. The van der Waals surface area contributed by atoms with Gasteiger partial charge in [-0.1, -0.05) is 47.6 Å². The number of aryl methyl sites for hydroxylation is 1. The molecule has 2 amide bonds. The number of allylic oxidation sites excluding steroid dienone is 1. The summed E-state index contributed by atoms with van der Waals surface area (Å²) in [5.41, 5.74) is 3.05. The highest BCUT2D eigenvalue weighted by Crippen LogP contribution is 2.39. The molecule has 0 spiro atoms. The van der Waals surface area contributed by atoms with Crippen molar-refractivity contribution in [3.05, 3.63) is 94.6 Å². The number of halogens is 1. The predicted octanol–water partition coefficient (Wildman–Crippen LogP) is 5.95. The van der Waals surface area contributed by atoms with Crippen molar-refractivity contribution in [2.24, 2.45) is 0 Å². The van der Waals surface area contributed by atoms with Crippen molar-refractivity contribution in [2.45, 2.75) is 19.9 Å². The molecule has 0 aliphatic carbocycles. The monoisotopic (exact) mass is 446 g/mol. The van der Waals surface area contributed by atoms with E-state index in [4.69, 9.17) is 4.52 Å². The molecule has 3 heterocycles. The van der Waals surface area contributed by atoms with Crippen LogP contribution in [0.5, 0.6) is 0 Å². The molecule has 32 heavy (non-hydrogen) atoms. The third-order valence-electron chi connectivity index (χ3n) is 5.43. The molecule has 6 nitrogen and oxygen atoms in total. The molecular weight excluding hydrogens is 427 g/mol. The number of urea groups is 1. The van der Waals surface area contributed by atoms with Crippen LogP contribution < -0.4 is 10.2 Å². The Balaban J connectivity index is 1.67. The molecule has 0 bridgehead atoms. The van der Waals surface area contributed by atoms with Crippen LogP contribution in [0.3, 0.4) is 0 Å². The zero-order valence-corrected chi connectivity index (χ0v) is 18.2. The van der Waals surface area contributed by atoms with Gasteiger partial charge in [-0.15, -0.1) is 11.3 Å². The molecule has 0 radical (unpaired) electrons. The van der Waals surface area contributed by atoms with E-state index in [9.17, 15) is 9.18 Å². The largest absolute Gasteiger partial charge is 0.334 e. The van der Waals surface area contributed by atoms with Gasteiger partial charge in [-0.3, -0.25) is 4.90 Å². The highest BCUT2D eigenvalue weighted by atomic mass is 32.1. The molecule has 2 aromatic carbocycles. The van der Waals surface area contributed by atoms with Crippen LogP contribution in [0.2, 0.25) is 0 Å². The zero-order chi connectivity index (χ0) is 22.2. The van der Waals surface area contributed by atoms with Gasteiger partial charge in [0.25, 0.3) is 5.89 Å². The minimum absolute atomic E-state index is 0.303.